The van der Waals surface area contributed by atoms with Crippen LogP contribution in [0.1, 0.15) is 24.5 Å². The quantitative estimate of drug-likeness (QED) is 0.769. The summed E-state index contributed by atoms with van der Waals surface area (Å²) >= 11 is 5.96. The molecule has 6 heteroatoms. The zero-order valence-corrected chi connectivity index (χ0v) is 13.7. The highest BCUT2D eigenvalue weighted by molar-refractivity contribution is 6.30. The molecule has 1 aromatic carbocycles. The van der Waals surface area contributed by atoms with Gasteiger partial charge in [-0.2, -0.15) is 0 Å². The van der Waals surface area contributed by atoms with Crippen molar-refractivity contribution >= 4 is 29.9 Å². The van der Waals surface area contributed by atoms with E-state index in [4.69, 9.17) is 16.3 Å². The molecule has 1 aliphatic carbocycles. The van der Waals surface area contributed by atoms with Gasteiger partial charge in [0.1, 0.15) is 0 Å². The van der Waals surface area contributed by atoms with Gasteiger partial charge in [-0.3, -0.25) is 4.79 Å². The number of hydrogen-bond acceptors (Lipinski definition) is 3. The van der Waals surface area contributed by atoms with E-state index in [1.807, 2.05) is 24.3 Å². The Hall–Kier alpha value is -0.810. The number of nitrogens with one attached hydrogen (secondary N) is 2. The zero-order valence-electron chi connectivity index (χ0n) is 12.1. The topological polar surface area (TPSA) is 50.4 Å². The summed E-state index contributed by atoms with van der Waals surface area (Å²) in [6, 6.07) is 7.49. The number of carbonyl (C=O) groups is 1. The summed E-state index contributed by atoms with van der Waals surface area (Å²) in [5.74, 6) is 0.774. The third-order valence-electron chi connectivity index (χ3n) is 3.41. The maximum Gasteiger partial charge on any atom is 0.234 e. The Kier molecular flexibility index (Phi) is 8.04. The zero-order chi connectivity index (χ0) is 14.4. The third kappa shape index (κ3) is 6.66. The fourth-order valence-electron chi connectivity index (χ4n) is 2.02. The molecule has 0 saturated heterocycles. The van der Waals surface area contributed by atoms with Crippen LogP contribution < -0.4 is 10.6 Å². The van der Waals surface area contributed by atoms with Crippen LogP contribution in [0.15, 0.2) is 24.3 Å². The van der Waals surface area contributed by atoms with Crippen molar-refractivity contribution in [3.05, 3.63) is 34.9 Å². The lowest BCUT2D eigenvalue weighted by atomic mass is 10.1. The van der Waals surface area contributed by atoms with Crippen molar-refractivity contribution in [2.24, 2.45) is 5.92 Å². The molecule has 1 fully saturated rings. The predicted octanol–water partition coefficient (Wildman–Crippen LogP) is 2.57. The number of halogens is 2. The molecule has 0 bridgehead atoms. The van der Waals surface area contributed by atoms with Crippen LogP contribution in [0, 0.1) is 5.92 Å². The lowest BCUT2D eigenvalue weighted by molar-refractivity contribution is -0.120. The minimum absolute atomic E-state index is 0. The average Bonchev–Trinajstić information content (AvgIpc) is 3.24. The first kappa shape index (κ1) is 18.2. The molecule has 0 heterocycles. The summed E-state index contributed by atoms with van der Waals surface area (Å²) in [6.07, 6.45) is 2.39. The predicted molar refractivity (Wildman–Crippen MR) is 87.1 cm³/mol. The minimum Gasteiger partial charge on any atom is -0.375 e. The Labute approximate surface area is 137 Å². The number of ether oxygens (including phenoxy) is 1. The minimum atomic E-state index is -0.180. The van der Waals surface area contributed by atoms with E-state index in [0.717, 1.165) is 18.0 Å². The highest BCUT2D eigenvalue weighted by Crippen LogP contribution is 2.27. The van der Waals surface area contributed by atoms with Crippen molar-refractivity contribution in [2.45, 2.75) is 18.9 Å². The SMILES string of the molecule is COC(CNC(=O)CNCC1CC1)c1cccc(Cl)c1.Cl. The Morgan fingerprint density at radius 3 is 2.86 bits per heavy atom. The summed E-state index contributed by atoms with van der Waals surface area (Å²) in [5, 5.41) is 6.71. The average molecular weight is 333 g/mol. The second kappa shape index (κ2) is 9.26. The van der Waals surface area contributed by atoms with Crippen LogP contribution in [0.3, 0.4) is 0 Å². The summed E-state index contributed by atoms with van der Waals surface area (Å²) in [6.45, 7) is 1.75. The van der Waals surface area contributed by atoms with Crippen LogP contribution in [0.5, 0.6) is 0 Å². The fourth-order valence-corrected chi connectivity index (χ4v) is 2.22. The van der Waals surface area contributed by atoms with E-state index >= 15 is 0 Å². The van der Waals surface area contributed by atoms with Gasteiger partial charge in [-0.1, -0.05) is 23.7 Å². The molecule has 1 atom stereocenters. The van der Waals surface area contributed by atoms with Crippen molar-refractivity contribution in [2.75, 3.05) is 26.7 Å². The molecule has 1 amide bonds. The monoisotopic (exact) mass is 332 g/mol. The standard InChI is InChI=1S/C15H21ClN2O2.ClH/c1-20-14(12-3-2-4-13(16)7-12)9-18-15(19)10-17-8-11-5-6-11;/h2-4,7,11,14,17H,5-6,8-10H2,1H3,(H,18,19);1H. The molecule has 0 aliphatic heterocycles. The van der Waals surface area contributed by atoms with Gasteiger partial charge in [0.2, 0.25) is 5.91 Å². The van der Waals surface area contributed by atoms with Gasteiger partial charge in [0.15, 0.2) is 0 Å². The van der Waals surface area contributed by atoms with Gasteiger partial charge in [-0.05, 0) is 43.0 Å². The molecule has 0 radical (unpaired) electrons. The maximum atomic E-state index is 11.7. The molecule has 21 heavy (non-hydrogen) atoms. The van der Waals surface area contributed by atoms with Crippen LogP contribution in [-0.2, 0) is 9.53 Å². The fraction of sp³-hybridized carbons (Fsp3) is 0.533. The Balaban J connectivity index is 0.00000220. The van der Waals surface area contributed by atoms with E-state index in [2.05, 4.69) is 10.6 Å². The Bertz CT molecular complexity index is 453. The molecule has 1 aliphatic rings. The lowest BCUT2D eigenvalue weighted by Gasteiger charge is -2.17. The highest BCUT2D eigenvalue weighted by Gasteiger charge is 2.20. The second-order valence-electron chi connectivity index (χ2n) is 5.16. The largest absolute Gasteiger partial charge is 0.375 e. The normalized spacial score (nSPS) is 15.1. The first-order valence-electron chi connectivity index (χ1n) is 6.94. The number of amides is 1. The van der Waals surface area contributed by atoms with E-state index in [0.29, 0.717) is 18.1 Å². The van der Waals surface area contributed by atoms with E-state index in [1.165, 1.54) is 12.8 Å². The van der Waals surface area contributed by atoms with Crippen LogP contribution >= 0.6 is 24.0 Å². The van der Waals surface area contributed by atoms with Crippen molar-refractivity contribution in [1.82, 2.24) is 10.6 Å². The maximum absolute atomic E-state index is 11.7. The van der Waals surface area contributed by atoms with Gasteiger partial charge in [0.25, 0.3) is 0 Å². The van der Waals surface area contributed by atoms with Crippen molar-refractivity contribution < 1.29 is 9.53 Å². The van der Waals surface area contributed by atoms with Gasteiger partial charge in [-0.15, -0.1) is 12.4 Å². The molecular weight excluding hydrogens is 311 g/mol. The summed E-state index contributed by atoms with van der Waals surface area (Å²) in [4.78, 5) is 11.7. The lowest BCUT2D eigenvalue weighted by Crippen LogP contribution is -2.37. The number of methoxy groups -OCH3 is 1. The molecule has 2 N–H and O–H groups in total. The molecule has 4 nitrogen and oxygen atoms in total. The third-order valence-corrected chi connectivity index (χ3v) is 3.64. The van der Waals surface area contributed by atoms with Gasteiger partial charge in [0.05, 0.1) is 12.6 Å². The Morgan fingerprint density at radius 1 is 1.48 bits per heavy atom. The van der Waals surface area contributed by atoms with E-state index in [1.54, 1.807) is 7.11 Å². The summed E-state index contributed by atoms with van der Waals surface area (Å²) < 4.78 is 5.40. The molecule has 0 aromatic heterocycles. The van der Waals surface area contributed by atoms with Gasteiger partial charge < -0.3 is 15.4 Å². The molecule has 1 unspecified atom stereocenters. The van der Waals surface area contributed by atoms with E-state index in [9.17, 15) is 4.79 Å². The second-order valence-corrected chi connectivity index (χ2v) is 5.59. The number of hydrogen-bond donors (Lipinski definition) is 2. The Morgan fingerprint density at radius 2 is 2.24 bits per heavy atom. The molecule has 1 aromatic rings. The molecular formula is C15H22Cl2N2O2. The molecule has 2 rings (SSSR count). The number of carbonyl (C=O) groups excluding carboxylic acids is 1. The first-order chi connectivity index (χ1) is 9.69. The highest BCUT2D eigenvalue weighted by atomic mass is 35.5. The molecule has 1 saturated carbocycles. The molecule has 118 valence electrons. The van der Waals surface area contributed by atoms with Crippen LogP contribution in [0.4, 0.5) is 0 Å². The van der Waals surface area contributed by atoms with Crippen LogP contribution in [0.25, 0.3) is 0 Å². The first-order valence-corrected chi connectivity index (χ1v) is 7.32. The number of benzene rings is 1. The van der Waals surface area contributed by atoms with Crippen molar-refractivity contribution in [1.29, 1.82) is 0 Å². The summed E-state index contributed by atoms with van der Waals surface area (Å²) in [7, 11) is 1.63. The number of rotatable bonds is 8. The summed E-state index contributed by atoms with van der Waals surface area (Å²) in [5.41, 5.74) is 0.964. The van der Waals surface area contributed by atoms with Crippen LogP contribution in [0.2, 0.25) is 5.02 Å². The van der Waals surface area contributed by atoms with E-state index in [-0.39, 0.29) is 24.4 Å². The van der Waals surface area contributed by atoms with Crippen molar-refractivity contribution in [3.8, 4) is 0 Å². The molecule has 0 spiro atoms. The smallest absolute Gasteiger partial charge is 0.234 e. The van der Waals surface area contributed by atoms with Gasteiger partial charge in [-0.25, -0.2) is 0 Å². The van der Waals surface area contributed by atoms with Crippen LogP contribution in [-0.4, -0.2) is 32.7 Å². The van der Waals surface area contributed by atoms with Gasteiger partial charge >= 0.3 is 0 Å². The van der Waals surface area contributed by atoms with Gasteiger partial charge in [0, 0.05) is 18.7 Å². The van der Waals surface area contributed by atoms with Crippen molar-refractivity contribution in [3.63, 3.8) is 0 Å². The van der Waals surface area contributed by atoms with E-state index < -0.39 is 0 Å².